The summed E-state index contributed by atoms with van der Waals surface area (Å²) in [6.45, 7) is 2.20. The van der Waals surface area contributed by atoms with Gasteiger partial charge in [-0.05, 0) is 103 Å². The van der Waals surface area contributed by atoms with E-state index in [1.54, 1.807) is 0 Å². The molecule has 6 aromatic carbocycles. The van der Waals surface area contributed by atoms with Crippen molar-refractivity contribution >= 4 is 78.2 Å². The Kier molecular flexibility index (Phi) is 11.4. The Labute approximate surface area is 244 Å². The van der Waals surface area contributed by atoms with E-state index < -0.39 is 24.4 Å². The van der Waals surface area contributed by atoms with E-state index in [-0.39, 0.29) is 0 Å². The second-order valence-electron chi connectivity index (χ2n) is 8.91. The number of amides is 4. The smallest absolute Gasteiger partial charge is 0.402 e. The van der Waals surface area contributed by atoms with E-state index in [9.17, 15) is 0 Å². The van der Waals surface area contributed by atoms with Crippen LogP contribution in [0.2, 0.25) is 0 Å². The van der Waals surface area contributed by atoms with Crippen LogP contribution in [0.4, 0.5) is 19.2 Å². The number of nitrogens with two attached hydrogens (primary N) is 4. The molecule has 6 aromatic rings. The lowest BCUT2D eigenvalue weighted by molar-refractivity contribution is 0.204. The van der Waals surface area contributed by atoms with Crippen LogP contribution in [0.3, 0.4) is 0 Å². The minimum atomic E-state index is -1.33. The largest absolute Gasteiger partial charge is 0.465 e. The molecule has 0 saturated carbocycles. The highest BCUT2D eigenvalue weighted by atomic mass is 16.4. The van der Waals surface area contributed by atoms with Gasteiger partial charge in [0.05, 0.1) is 0 Å². The summed E-state index contributed by atoms with van der Waals surface area (Å²) in [6.07, 6.45) is -5.33. The van der Waals surface area contributed by atoms with Gasteiger partial charge >= 0.3 is 24.4 Å². The average Bonchev–Trinajstić information content (AvgIpc) is 2.89. The van der Waals surface area contributed by atoms with E-state index in [2.05, 4.69) is 121 Å². The third kappa shape index (κ3) is 9.99. The summed E-state index contributed by atoms with van der Waals surface area (Å²) in [6, 6.07) is 33.7. The van der Waals surface area contributed by atoms with Gasteiger partial charge in [-0.3, -0.25) is 0 Å². The maximum absolute atomic E-state index is 8.78. The fourth-order valence-corrected chi connectivity index (χ4v) is 4.43. The van der Waals surface area contributed by atoms with Gasteiger partial charge in [0.1, 0.15) is 0 Å². The molecule has 0 aromatic heterocycles. The Morgan fingerprint density at radius 3 is 1.21 bits per heavy atom. The number of carbonyl (C=O) groups is 4. The van der Waals surface area contributed by atoms with Crippen molar-refractivity contribution in [2.24, 2.45) is 22.9 Å². The summed E-state index contributed by atoms with van der Waals surface area (Å²) in [5, 5.41) is 41.9. The first-order valence-electron chi connectivity index (χ1n) is 12.3. The number of carboxylic acid groups (broad SMARTS) is 4. The van der Waals surface area contributed by atoms with Crippen LogP contribution in [0, 0.1) is 6.92 Å². The summed E-state index contributed by atoms with van der Waals surface area (Å²) in [5.41, 5.74) is 17.4. The molecule has 0 heterocycles. The molecule has 0 aliphatic rings. The van der Waals surface area contributed by atoms with Gasteiger partial charge in [-0.1, -0.05) is 54.6 Å². The summed E-state index contributed by atoms with van der Waals surface area (Å²) in [7, 11) is 0. The molecule has 0 aliphatic heterocycles. The van der Waals surface area contributed by atoms with Crippen molar-refractivity contribution in [1.82, 2.24) is 0 Å². The molecule has 4 amide bonds. The standard InChI is InChI=1S/C27H18.4CH3NO2/c1-17-5-4-8-20-13-21-9-10-22-14-23-11-18-6-2-3-7-19(18)12-24(23)15-26(22)27(21)16-25(17)20;4*2-1(3)4/h2-16H,1H3;4*2H2,(H,3,4). The van der Waals surface area contributed by atoms with Crippen LogP contribution in [-0.4, -0.2) is 44.8 Å². The van der Waals surface area contributed by atoms with Crippen LogP contribution in [0.15, 0.2) is 91.0 Å². The molecule has 0 saturated heterocycles. The Morgan fingerprint density at radius 2 is 0.744 bits per heavy atom. The van der Waals surface area contributed by atoms with Crippen LogP contribution in [0.25, 0.3) is 53.9 Å². The molecule has 0 spiro atoms. The second kappa shape index (κ2) is 14.9. The minimum Gasteiger partial charge on any atom is -0.465 e. The Bertz CT molecular complexity index is 1890. The first kappa shape index (κ1) is 32.9. The number of fused-ring (bicyclic) bond motifs is 6. The molecule has 0 bridgehead atoms. The Hall–Kier alpha value is -6.30. The Balaban J connectivity index is 0.000000338. The molecular formula is C31H30N4O8. The highest BCUT2D eigenvalue weighted by molar-refractivity contribution is 6.16. The number of primary amides is 4. The predicted octanol–water partition coefficient (Wildman–Crippen LogP) is 6.25. The van der Waals surface area contributed by atoms with Gasteiger partial charge in [0.25, 0.3) is 0 Å². The van der Waals surface area contributed by atoms with E-state index in [1.165, 1.54) is 59.4 Å². The zero-order valence-electron chi connectivity index (χ0n) is 22.9. The van der Waals surface area contributed by atoms with E-state index in [1.807, 2.05) is 0 Å². The number of hydrogen-bond donors (Lipinski definition) is 8. The maximum atomic E-state index is 8.78. The summed E-state index contributed by atoms with van der Waals surface area (Å²) in [5.74, 6) is 0. The van der Waals surface area contributed by atoms with Gasteiger partial charge in [0.15, 0.2) is 0 Å². The van der Waals surface area contributed by atoms with Crippen molar-refractivity contribution in [2.75, 3.05) is 0 Å². The van der Waals surface area contributed by atoms with Crippen molar-refractivity contribution < 1.29 is 39.6 Å². The van der Waals surface area contributed by atoms with Gasteiger partial charge in [-0.25, -0.2) is 19.2 Å². The Morgan fingerprint density at radius 1 is 0.419 bits per heavy atom. The summed E-state index contributed by atoms with van der Waals surface area (Å²) < 4.78 is 0. The van der Waals surface area contributed by atoms with Gasteiger partial charge < -0.3 is 43.4 Å². The zero-order valence-corrected chi connectivity index (χ0v) is 22.9. The van der Waals surface area contributed by atoms with Gasteiger partial charge in [-0.15, -0.1) is 0 Å². The molecule has 6 rings (SSSR count). The maximum Gasteiger partial charge on any atom is 0.402 e. The van der Waals surface area contributed by atoms with E-state index in [0.717, 1.165) is 0 Å². The summed E-state index contributed by atoms with van der Waals surface area (Å²) in [4.78, 5) is 35.1. The zero-order chi connectivity index (χ0) is 32.3. The number of benzene rings is 6. The van der Waals surface area contributed by atoms with Crippen LogP contribution >= 0.6 is 0 Å². The molecular weight excluding hydrogens is 556 g/mol. The van der Waals surface area contributed by atoms with E-state index in [0.29, 0.717) is 0 Å². The first-order chi connectivity index (χ1) is 20.2. The van der Waals surface area contributed by atoms with Crippen LogP contribution in [-0.2, 0) is 0 Å². The molecule has 12 nitrogen and oxygen atoms in total. The van der Waals surface area contributed by atoms with Gasteiger partial charge in [0.2, 0.25) is 0 Å². The topological polar surface area (TPSA) is 253 Å². The van der Waals surface area contributed by atoms with Crippen molar-refractivity contribution in [1.29, 1.82) is 0 Å². The van der Waals surface area contributed by atoms with Crippen molar-refractivity contribution in [3.63, 3.8) is 0 Å². The van der Waals surface area contributed by atoms with Crippen molar-refractivity contribution in [3.8, 4) is 0 Å². The van der Waals surface area contributed by atoms with Gasteiger partial charge in [-0.2, -0.15) is 0 Å². The number of aryl methyl sites for hydroxylation is 1. The minimum absolute atomic E-state index is 1.30. The third-order valence-electron chi connectivity index (χ3n) is 5.87. The number of hydrogen-bond acceptors (Lipinski definition) is 4. The monoisotopic (exact) mass is 586 g/mol. The molecule has 222 valence electrons. The van der Waals surface area contributed by atoms with Crippen LogP contribution in [0.5, 0.6) is 0 Å². The highest BCUT2D eigenvalue weighted by Gasteiger charge is 2.07. The van der Waals surface area contributed by atoms with E-state index in [4.69, 9.17) is 39.6 Å². The van der Waals surface area contributed by atoms with Crippen LogP contribution < -0.4 is 22.9 Å². The quantitative estimate of drug-likeness (QED) is 0.0743. The highest BCUT2D eigenvalue weighted by Crippen LogP contribution is 2.34. The second-order valence-corrected chi connectivity index (χ2v) is 8.91. The molecule has 0 aliphatic carbocycles. The molecule has 12 heteroatoms. The lowest BCUT2D eigenvalue weighted by Gasteiger charge is -2.10. The molecule has 43 heavy (non-hydrogen) atoms. The van der Waals surface area contributed by atoms with Crippen molar-refractivity contribution in [2.45, 2.75) is 6.92 Å². The first-order valence-corrected chi connectivity index (χ1v) is 12.3. The normalized spacial score (nSPS) is 9.70. The fraction of sp³-hybridized carbons (Fsp3) is 0.0323. The SMILES string of the molecule is Cc1cccc2cc3ccc4cc5cc6ccccc6cc5cc4c3cc12.NC(=O)O.NC(=O)O.NC(=O)O.NC(=O)O. The molecule has 0 fully saturated rings. The van der Waals surface area contributed by atoms with Crippen molar-refractivity contribution in [3.05, 3.63) is 96.6 Å². The lowest BCUT2D eigenvalue weighted by atomic mass is 9.94. The average molecular weight is 587 g/mol. The fourth-order valence-electron chi connectivity index (χ4n) is 4.43. The van der Waals surface area contributed by atoms with Crippen LogP contribution in [0.1, 0.15) is 5.56 Å². The molecule has 12 N–H and O–H groups in total. The van der Waals surface area contributed by atoms with E-state index >= 15 is 0 Å². The van der Waals surface area contributed by atoms with Gasteiger partial charge in [0, 0.05) is 0 Å². The predicted molar refractivity (Wildman–Crippen MR) is 168 cm³/mol. The molecule has 0 atom stereocenters. The molecule has 0 unspecified atom stereocenters. The number of rotatable bonds is 0. The lowest BCUT2D eigenvalue weighted by Crippen LogP contribution is -2.03. The summed E-state index contributed by atoms with van der Waals surface area (Å²) >= 11 is 0. The molecule has 0 radical (unpaired) electrons. The third-order valence-corrected chi connectivity index (χ3v) is 5.87.